The molecule has 0 atom stereocenters. The van der Waals surface area contributed by atoms with Gasteiger partial charge in [0.1, 0.15) is 0 Å². The van der Waals surface area contributed by atoms with Gasteiger partial charge in [-0.15, -0.1) is 5.11 Å². The molecule has 0 unspecified atom stereocenters. The van der Waals surface area contributed by atoms with E-state index in [4.69, 9.17) is 0 Å². The molecule has 0 bridgehead atoms. The third-order valence-electron chi connectivity index (χ3n) is 3.52. The number of hydrogen-bond donors (Lipinski definition) is 2. The fraction of sp³-hybridized carbons (Fsp3) is 0.125. The molecule has 0 aliphatic heterocycles. The van der Waals surface area contributed by atoms with Gasteiger partial charge in [-0.05, 0) is 36.4 Å². The van der Waals surface area contributed by atoms with Gasteiger partial charge in [0.05, 0.1) is 22.3 Å². The highest BCUT2D eigenvalue weighted by Gasteiger charge is 2.31. The predicted molar refractivity (Wildman–Crippen MR) is 80.6 cm³/mol. The average Bonchev–Trinajstić information content (AvgIpc) is 2.86. The minimum atomic E-state index is -4.60. The van der Waals surface area contributed by atoms with Crippen LogP contribution in [0.4, 0.5) is 37.7 Å². The van der Waals surface area contributed by atoms with E-state index in [-0.39, 0.29) is 22.3 Å². The van der Waals surface area contributed by atoms with Gasteiger partial charge in [0, 0.05) is 5.39 Å². The lowest BCUT2D eigenvalue weighted by molar-refractivity contribution is -0.138. The van der Waals surface area contributed by atoms with Crippen LogP contribution in [0.5, 0.6) is 5.88 Å². The van der Waals surface area contributed by atoms with Crippen LogP contribution in [0, 0.1) is 0 Å². The minimum absolute atomic E-state index is 0.0620. The van der Waals surface area contributed by atoms with Crippen LogP contribution in [0.25, 0.3) is 10.9 Å². The predicted octanol–water partition coefficient (Wildman–Crippen LogP) is 6.33. The Morgan fingerprint density at radius 3 is 2.12 bits per heavy atom. The Hall–Kier alpha value is -3.04. The van der Waals surface area contributed by atoms with E-state index in [0.717, 1.165) is 36.4 Å². The molecule has 0 fully saturated rings. The number of aromatic amines is 1. The summed E-state index contributed by atoms with van der Waals surface area (Å²) in [5.74, 6) is -0.546. The van der Waals surface area contributed by atoms with Crippen molar-refractivity contribution < 1.29 is 31.4 Å². The Balaban J connectivity index is 2.03. The standard InChI is InChI=1S/C16H9F6N3O/c17-15(18,19)8-2-1-3-10(6-8)24-25-13-11-7-9(16(20,21)22)4-5-12(11)23-14(13)26/h1-7,23,26H. The van der Waals surface area contributed by atoms with E-state index in [9.17, 15) is 31.4 Å². The first-order valence-corrected chi connectivity index (χ1v) is 7.06. The summed E-state index contributed by atoms with van der Waals surface area (Å²) < 4.78 is 76.5. The van der Waals surface area contributed by atoms with Crippen LogP contribution in [-0.2, 0) is 12.4 Å². The van der Waals surface area contributed by atoms with Crippen LogP contribution in [0.2, 0.25) is 0 Å². The molecular weight excluding hydrogens is 364 g/mol. The fourth-order valence-corrected chi connectivity index (χ4v) is 2.29. The molecule has 0 aliphatic rings. The normalized spacial score (nSPS) is 13.0. The highest BCUT2D eigenvalue weighted by molar-refractivity contribution is 5.94. The summed E-state index contributed by atoms with van der Waals surface area (Å²) in [5.41, 5.74) is -2.20. The summed E-state index contributed by atoms with van der Waals surface area (Å²) >= 11 is 0. The lowest BCUT2D eigenvalue weighted by Crippen LogP contribution is -2.03. The number of alkyl halides is 6. The number of aromatic hydroxyl groups is 1. The summed E-state index contributed by atoms with van der Waals surface area (Å²) in [7, 11) is 0. The van der Waals surface area contributed by atoms with Crippen LogP contribution in [0.15, 0.2) is 52.7 Å². The van der Waals surface area contributed by atoms with Gasteiger partial charge in [0.2, 0.25) is 5.88 Å². The van der Waals surface area contributed by atoms with Gasteiger partial charge in [0.25, 0.3) is 0 Å². The lowest BCUT2D eigenvalue weighted by Gasteiger charge is -2.06. The van der Waals surface area contributed by atoms with Crippen molar-refractivity contribution in [2.24, 2.45) is 10.2 Å². The minimum Gasteiger partial charge on any atom is -0.493 e. The molecule has 0 saturated heterocycles. The van der Waals surface area contributed by atoms with E-state index in [2.05, 4.69) is 15.2 Å². The SMILES string of the molecule is Oc1[nH]c2ccc(C(F)(F)F)cc2c1N=Nc1cccc(C(F)(F)F)c1. The third kappa shape index (κ3) is 3.48. The van der Waals surface area contributed by atoms with E-state index in [1.165, 1.54) is 6.07 Å². The van der Waals surface area contributed by atoms with Crippen LogP contribution >= 0.6 is 0 Å². The Morgan fingerprint density at radius 1 is 0.808 bits per heavy atom. The Kier molecular flexibility index (Phi) is 4.13. The second-order valence-electron chi connectivity index (χ2n) is 5.33. The first kappa shape index (κ1) is 17.8. The van der Waals surface area contributed by atoms with Gasteiger partial charge in [-0.3, -0.25) is 0 Å². The molecule has 26 heavy (non-hydrogen) atoms. The number of nitrogens with zero attached hydrogens (tertiary/aromatic N) is 2. The van der Waals surface area contributed by atoms with Crippen LogP contribution in [0.3, 0.4) is 0 Å². The van der Waals surface area contributed by atoms with Gasteiger partial charge in [-0.1, -0.05) is 6.07 Å². The zero-order valence-electron chi connectivity index (χ0n) is 12.7. The fourth-order valence-electron chi connectivity index (χ4n) is 2.29. The monoisotopic (exact) mass is 373 g/mol. The smallest absolute Gasteiger partial charge is 0.416 e. The Morgan fingerprint density at radius 2 is 1.46 bits per heavy atom. The van der Waals surface area contributed by atoms with E-state index in [1.54, 1.807) is 0 Å². The highest BCUT2D eigenvalue weighted by atomic mass is 19.4. The molecule has 0 aliphatic carbocycles. The van der Waals surface area contributed by atoms with Crippen molar-refractivity contribution in [1.29, 1.82) is 0 Å². The number of benzene rings is 2. The van der Waals surface area contributed by atoms with E-state index in [0.29, 0.717) is 0 Å². The highest BCUT2D eigenvalue weighted by Crippen LogP contribution is 2.40. The summed E-state index contributed by atoms with van der Waals surface area (Å²) in [4.78, 5) is 2.43. The molecule has 3 rings (SSSR count). The quantitative estimate of drug-likeness (QED) is 0.400. The number of rotatable bonds is 2. The molecule has 136 valence electrons. The van der Waals surface area contributed by atoms with Crippen LogP contribution in [0.1, 0.15) is 11.1 Å². The molecule has 4 nitrogen and oxygen atoms in total. The number of halogens is 6. The summed E-state index contributed by atoms with van der Waals surface area (Å²) in [6.45, 7) is 0. The molecule has 2 N–H and O–H groups in total. The number of aromatic nitrogens is 1. The molecule has 1 aromatic heterocycles. The van der Waals surface area contributed by atoms with E-state index >= 15 is 0 Å². The van der Waals surface area contributed by atoms with Gasteiger partial charge in [-0.2, -0.15) is 31.5 Å². The van der Waals surface area contributed by atoms with Gasteiger partial charge < -0.3 is 10.1 Å². The summed E-state index contributed by atoms with van der Waals surface area (Å²) in [6, 6.07) is 6.65. The molecule has 1 heterocycles. The van der Waals surface area contributed by atoms with Crippen molar-refractivity contribution in [3.8, 4) is 5.88 Å². The largest absolute Gasteiger partial charge is 0.493 e. The van der Waals surface area contributed by atoms with Crippen LogP contribution < -0.4 is 0 Å². The van der Waals surface area contributed by atoms with Crippen molar-refractivity contribution in [3.05, 3.63) is 53.6 Å². The second kappa shape index (κ2) is 6.04. The van der Waals surface area contributed by atoms with E-state index < -0.39 is 29.4 Å². The zero-order chi connectivity index (χ0) is 19.1. The van der Waals surface area contributed by atoms with Gasteiger partial charge in [-0.25, -0.2) is 0 Å². The molecular formula is C16H9F6N3O. The maximum absolute atomic E-state index is 12.8. The lowest BCUT2D eigenvalue weighted by atomic mass is 10.1. The first-order valence-electron chi connectivity index (χ1n) is 7.06. The molecule has 0 spiro atoms. The number of azo groups is 1. The number of H-pyrrole nitrogens is 1. The van der Waals surface area contributed by atoms with Crippen molar-refractivity contribution in [1.82, 2.24) is 4.98 Å². The second-order valence-corrected chi connectivity index (χ2v) is 5.33. The Bertz CT molecular complexity index is 988. The molecule has 2 aromatic carbocycles. The summed E-state index contributed by atoms with van der Waals surface area (Å²) in [6.07, 6.45) is -9.17. The van der Waals surface area contributed by atoms with Crippen molar-refractivity contribution in [2.75, 3.05) is 0 Å². The van der Waals surface area contributed by atoms with E-state index in [1.807, 2.05) is 0 Å². The van der Waals surface area contributed by atoms with Crippen molar-refractivity contribution in [3.63, 3.8) is 0 Å². The van der Waals surface area contributed by atoms with Crippen molar-refractivity contribution >= 4 is 22.3 Å². The molecule has 0 saturated carbocycles. The van der Waals surface area contributed by atoms with Crippen LogP contribution in [-0.4, -0.2) is 10.1 Å². The average molecular weight is 373 g/mol. The topological polar surface area (TPSA) is 60.7 Å². The van der Waals surface area contributed by atoms with Gasteiger partial charge in [0.15, 0.2) is 5.69 Å². The molecule has 0 radical (unpaired) electrons. The van der Waals surface area contributed by atoms with Gasteiger partial charge >= 0.3 is 12.4 Å². The zero-order valence-corrected chi connectivity index (χ0v) is 12.7. The molecule has 0 amide bonds. The molecule has 3 aromatic rings. The number of fused-ring (bicyclic) bond motifs is 1. The van der Waals surface area contributed by atoms with Crippen molar-refractivity contribution in [2.45, 2.75) is 12.4 Å². The maximum atomic E-state index is 12.8. The molecule has 10 heteroatoms. The Labute approximate surface area is 141 Å². The summed E-state index contributed by atoms with van der Waals surface area (Å²) in [5, 5.41) is 17.0. The number of nitrogens with one attached hydrogen (secondary N) is 1. The maximum Gasteiger partial charge on any atom is 0.416 e. The third-order valence-corrected chi connectivity index (χ3v) is 3.52. The number of hydrogen-bond acceptors (Lipinski definition) is 3. The first-order chi connectivity index (χ1) is 12.1.